The molecule has 1 aromatic carbocycles. The second-order valence-electron chi connectivity index (χ2n) is 5.81. The highest BCUT2D eigenvalue weighted by Crippen LogP contribution is 2.21. The van der Waals surface area contributed by atoms with Crippen LogP contribution in [0.5, 0.6) is 5.75 Å². The number of pyridine rings is 1. The van der Waals surface area contributed by atoms with Gasteiger partial charge in [-0.05, 0) is 38.0 Å². The van der Waals surface area contributed by atoms with E-state index in [1.807, 2.05) is 0 Å². The number of aryl methyl sites for hydroxylation is 1. The molecule has 3 N–H and O–H groups in total. The van der Waals surface area contributed by atoms with Gasteiger partial charge in [0.25, 0.3) is 5.91 Å². The fourth-order valence-electron chi connectivity index (χ4n) is 2.36. The number of anilines is 1. The largest absolute Gasteiger partial charge is 0.491 e. The number of terminal acetylenes is 1. The first-order chi connectivity index (χ1) is 12.5. The van der Waals surface area contributed by atoms with Crippen molar-refractivity contribution in [3.8, 4) is 18.1 Å². The van der Waals surface area contributed by atoms with Crippen molar-refractivity contribution in [2.45, 2.75) is 32.7 Å². The van der Waals surface area contributed by atoms with Gasteiger partial charge in [-0.3, -0.25) is 4.79 Å². The van der Waals surface area contributed by atoms with E-state index in [0.29, 0.717) is 18.6 Å². The van der Waals surface area contributed by atoms with E-state index in [1.54, 1.807) is 37.3 Å². The number of nitrogens with zero attached hydrogens (tertiary/aromatic N) is 1. The molecule has 2 rings (SSSR count). The molecule has 1 heterocycles. The lowest BCUT2D eigenvalue weighted by atomic mass is 10.1. The Morgan fingerprint density at radius 3 is 2.88 bits per heavy atom. The van der Waals surface area contributed by atoms with Gasteiger partial charge in [-0.1, -0.05) is 12.1 Å². The number of rotatable bonds is 8. The molecule has 0 saturated carbocycles. The minimum atomic E-state index is -0.486. The minimum Gasteiger partial charge on any atom is -0.491 e. The zero-order valence-electron chi connectivity index (χ0n) is 14.7. The number of benzene rings is 1. The maximum Gasteiger partial charge on any atom is 0.255 e. The summed E-state index contributed by atoms with van der Waals surface area (Å²) >= 11 is 0. The molecule has 0 spiro atoms. The number of unbranched alkanes of at least 4 members (excludes halogenated alkanes) is 2. The molecule has 26 heavy (non-hydrogen) atoms. The predicted molar refractivity (Wildman–Crippen MR) is 99.1 cm³/mol. The van der Waals surface area contributed by atoms with Crippen molar-refractivity contribution in [1.82, 2.24) is 10.3 Å². The van der Waals surface area contributed by atoms with Crippen LogP contribution < -0.4 is 15.8 Å². The molecule has 5 nitrogen and oxygen atoms in total. The molecule has 0 saturated heterocycles. The zero-order chi connectivity index (χ0) is 18.9. The average molecular weight is 355 g/mol. The number of hydrogen-bond donors (Lipinski definition) is 2. The highest BCUT2D eigenvalue weighted by Gasteiger charge is 2.13. The molecule has 6 heteroatoms. The van der Waals surface area contributed by atoms with Crippen LogP contribution in [0.25, 0.3) is 0 Å². The van der Waals surface area contributed by atoms with E-state index >= 15 is 0 Å². The lowest BCUT2D eigenvalue weighted by Crippen LogP contribution is -2.24. The SMILES string of the molecule is C#CCCCCOc1cccc(CNC(=O)c2ccc(C)nc2N)c1F. The van der Waals surface area contributed by atoms with Gasteiger partial charge in [0.05, 0.1) is 12.2 Å². The summed E-state index contributed by atoms with van der Waals surface area (Å²) in [6.07, 6.45) is 7.45. The molecular formula is C20H22FN3O2. The summed E-state index contributed by atoms with van der Waals surface area (Å²) in [6.45, 7) is 2.19. The summed E-state index contributed by atoms with van der Waals surface area (Å²) in [5, 5.41) is 2.65. The number of nitrogens with one attached hydrogen (secondary N) is 1. The van der Waals surface area contributed by atoms with E-state index in [4.69, 9.17) is 16.9 Å². The molecule has 1 aromatic heterocycles. The van der Waals surface area contributed by atoms with Crippen LogP contribution in [0.3, 0.4) is 0 Å². The van der Waals surface area contributed by atoms with Crippen LogP contribution in [0.15, 0.2) is 30.3 Å². The third-order valence-corrected chi connectivity index (χ3v) is 3.76. The Kier molecular flexibility index (Phi) is 6.98. The van der Waals surface area contributed by atoms with Crippen LogP contribution in [0.4, 0.5) is 10.2 Å². The Morgan fingerprint density at radius 1 is 1.35 bits per heavy atom. The Balaban J connectivity index is 1.96. The van der Waals surface area contributed by atoms with E-state index < -0.39 is 11.7 Å². The quantitative estimate of drug-likeness (QED) is 0.563. The number of ether oxygens (including phenoxy) is 1. The van der Waals surface area contributed by atoms with Gasteiger partial charge in [-0.15, -0.1) is 12.3 Å². The van der Waals surface area contributed by atoms with Gasteiger partial charge >= 0.3 is 0 Å². The molecule has 0 aliphatic heterocycles. The molecule has 0 bridgehead atoms. The van der Waals surface area contributed by atoms with Crippen molar-refractivity contribution in [2.75, 3.05) is 12.3 Å². The first-order valence-corrected chi connectivity index (χ1v) is 8.38. The van der Waals surface area contributed by atoms with Gasteiger partial charge < -0.3 is 15.8 Å². The van der Waals surface area contributed by atoms with Gasteiger partial charge in [0, 0.05) is 24.2 Å². The summed E-state index contributed by atoms with van der Waals surface area (Å²) in [6, 6.07) is 8.13. The van der Waals surface area contributed by atoms with Crippen LogP contribution in [-0.2, 0) is 6.54 Å². The number of hydrogen-bond acceptors (Lipinski definition) is 4. The molecule has 136 valence electrons. The maximum absolute atomic E-state index is 14.5. The average Bonchev–Trinajstić information content (AvgIpc) is 2.61. The normalized spacial score (nSPS) is 10.2. The van der Waals surface area contributed by atoms with Crippen molar-refractivity contribution in [1.29, 1.82) is 0 Å². The second kappa shape index (κ2) is 9.42. The number of aromatic nitrogens is 1. The molecule has 0 fully saturated rings. The number of nitrogens with two attached hydrogens (primary N) is 1. The topological polar surface area (TPSA) is 77.2 Å². The Bertz CT molecular complexity index is 815. The van der Waals surface area contributed by atoms with Crippen LogP contribution in [-0.4, -0.2) is 17.5 Å². The molecule has 0 unspecified atom stereocenters. The molecule has 0 radical (unpaired) electrons. The third kappa shape index (κ3) is 5.21. The molecule has 2 aromatic rings. The highest BCUT2D eigenvalue weighted by molar-refractivity contribution is 5.98. The Hall–Kier alpha value is -3.07. The standard InChI is InChI=1S/C20H22FN3O2/c1-3-4-5-6-12-26-17-9-7-8-15(18(17)21)13-23-20(25)16-11-10-14(2)24-19(16)22/h1,7-11H,4-6,12-13H2,2H3,(H2,22,24)(H,23,25). The van der Waals surface area contributed by atoms with Crippen LogP contribution in [0.1, 0.15) is 40.9 Å². The van der Waals surface area contributed by atoms with Crippen molar-refractivity contribution >= 4 is 11.7 Å². The fraction of sp³-hybridized carbons (Fsp3) is 0.300. The first-order valence-electron chi connectivity index (χ1n) is 8.38. The number of carbonyl (C=O) groups is 1. The van der Waals surface area contributed by atoms with Gasteiger partial charge in [0.1, 0.15) is 5.82 Å². The lowest BCUT2D eigenvalue weighted by molar-refractivity contribution is 0.0951. The van der Waals surface area contributed by atoms with E-state index in [-0.39, 0.29) is 23.7 Å². The molecule has 1 amide bonds. The van der Waals surface area contributed by atoms with Crippen LogP contribution >= 0.6 is 0 Å². The van der Waals surface area contributed by atoms with Gasteiger partial charge in [-0.25, -0.2) is 9.37 Å². The predicted octanol–water partition coefficient (Wildman–Crippen LogP) is 3.22. The molecule has 0 aliphatic rings. The smallest absolute Gasteiger partial charge is 0.255 e. The Morgan fingerprint density at radius 2 is 2.15 bits per heavy atom. The number of carbonyl (C=O) groups excluding carboxylic acids is 1. The highest BCUT2D eigenvalue weighted by atomic mass is 19.1. The molecule has 0 aliphatic carbocycles. The minimum absolute atomic E-state index is 0.0201. The van der Waals surface area contributed by atoms with Crippen molar-refractivity contribution in [2.24, 2.45) is 0 Å². The summed E-state index contributed by atoms with van der Waals surface area (Å²) in [5.74, 6) is 1.96. The second-order valence-corrected chi connectivity index (χ2v) is 5.81. The van der Waals surface area contributed by atoms with E-state index in [0.717, 1.165) is 18.5 Å². The number of nitrogen functional groups attached to an aromatic ring is 1. The van der Waals surface area contributed by atoms with Crippen LogP contribution in [0, 0.1) is 25.1 Å². The van der Waals surface area contributed by atoms with Crippen molar-refractivity contribution in [3.63, 3.8) is 0 Å². The van der Waals surface area contributed by atoms with E-state index in [1.165, 1.54) is 0 Å². The summed E-state index contributed by atoms with van der Waals surface area (Å²) in [4.78, 5) is 16.3. The zero-order valence-corrected chi connectivity index (χ0v) is 14.7. The first kappa shape index (κ1) is 19.3. The Labute approximate surface area is 152 Å². The van der Waals surface area contributed by atoms with Crippen molar-refractivity contribution in [3.05, 3.63) is 53.0 Å². The van der Waals surface area contributed by atoms with Gasteiger partial charge in [0.15, 0.2) is 11.6 Å². The van der Waals surface area contributed by atoms with Gasteiger partial charge in [-0.2, -0.15) is 0 Å². The maximum atomic E-state index is 14.5. The number of halogens is 1. The summed E-state index contributed by atoms with van der Waals surface area (Å²) in [7, 11) is 0. The van der Waals surface area contributed by atoms with E-state index in [9.17, 15) is 9.18 Å². The van der Waals surface area contributed by atoms with E-state index in [2.05, 4.69) is 16.2 Å². The fourth-order valence-corrected chi connectivity index (χ4v) is 2.36. The monoisotopic (exact) mass is 355 g/mol. The van der Waals surface area contributed by atoms with Crippen LogP contribution in [0.2, 0.25) is 0 Å². The lowest BCUT2D eigenvalue weighted by Gasteiger charge is -2.11. The van der Waals surface area contributed by atoms with Gasteiger partial charge in [0.2, 0.25) is 0 Å². The molecular weight excluding hydrogens is 333 g/mol. The van der Waals surface area contributed by atoms with Crippen molar-refractivity contribution < 1.29 is 13.9 Å². The summed E-state index contributed by atoms with van der Waals surface area (Å²) < 4.78 is 19.9. The summed E-state index contributed by atoms with van der Waals surface area (Å²) in [5.41, 5.74) is 7.07. The molecule has 0 atom stereocenters. The number of amides is 1. The third-order valence-electron chi connectivity index (χ3n) is 3.76.